The molecule has 1 saturated carbocycles. The van der Waals surface area contributed by atoms with Gasteiger partial charge in [0.15, 0.2) is 0 Å². The molecule has 1 unspecified atom stereocenters. The van der Waals surface area contributed by atoms with Crippen LogP contribution in [0.25, 0.3) is 0 Å². The van der Waals surface area contributed by atoms with E-state index in [0.29, 0.717) is 6.04 Å². The highest BCUT2D eigenvalue weighted by molar-refractivity contribution is 4.94. The summed E-state index contributed by atoms with van der Waals surface area (Å²) >= 11 is 0. The summed E-state index contributed by atoms with van der Waals surface area (Å²) in [5.41, 5.74) is -0.431. The van der Waals surface area contributed by atoms with Crippen molar-refractivity contribution in [2.45, 2.75) is 57.2 Å². The summed E-state index contributed by atoms with van der Waals surface area (Å²) in [7, 11) is 2.06. The van der Waals surface area contributed by atoms with Gasteiger partial charge in [0, 0.05) is 51.7 Å². The van der Waals surface area contributed by atoms with Gasteiger partial charge in [0.25, 0.3) is 0 Å². The van der Waals surface area contributed by atoms with E-state index in [1.165, 1.54) is 19.3 Å². The topological polar surface area (TPSA) is 44.5 Å². The van der Waals surface area contributed by atoms with Crippen molar-refractivity contribution in [1.82, 2.24) is 19.4 Å². The number of aliphatic hydroxyl groups is 1. The van der Waals surface area contributed by atoms with Gasteiger partial charge in [0.1, 0.15) is 5.82 Å². The van der Waals surface area contributed by atoms with E-state index in [1.54, 1.807) is 0 Å². The Balaban J connectivity index is 1.52. The van der Waals surface area contributed by atoms with Crippen molar-refractivity contribution in [3.8, 4) is 0 Å². The predicted octanol–water partition coefficient (Wildman–Crippen LogP) is 1.62. The van der Waals surface area contributed by atoms with E-state index in [-0.39, 0.29) is 0 Å². The standard InChI is InChI=1S/C17H30N4O/c1-15-12-20(14-17(22)6-4-3-5-7-17)10-11-21(15)13-16-18-8-9-19(16)2/h8-9,15,22H,3-7,10-14H2,1-2H3. The number of piperazine rings is 1. The number of hydrogen-bond acceptors (Lipinski definition) is 4. The second-order valence-corrected chi connectivity index (χ2v) is 7.29. The zero-order valence-corrected chi connectivity index (χ0v) is 14.0. The molecule has 1 aliphatic carbocycles. The Hall–Kier alpha value is -0.910. The molecule has 1 aromatic heterocycles. The average molecular weight is 306 g/mol. The quantitative estimate of drug-likeness (QED) is 0.918. The normalized spacial score (nSPS) is 27.1. The summed E-state index contributed by atoms with van der Waals surface area (Å²) in [4.78, 5) is 9.40. The third kappa shape index (κ3) is 3.70. The lowest BCUT2D eigenvalue weighted by atomic mass is 9.84. The maximum atomic E-state index is 10.8. The van der Waals surface area contributed by atoms with Gasteiger partial charge >= 0.3 is 0 Å². The van der Waals surface area contributed by atoms with Crippen LogP contribution in [0.3, 0.4) is 0 Å². The smallest absolute Gasteiger partial charge is 0.122 e. The van der Waals surface area contributed by atoms with Crippen molar-refractivity contribution in [3.05, 3.63) is 18.2 Å². The lowest BCUT2D eigenvalue weighted by molar-refractivity contribution is -0.0434. The lowest BCUT2D eigenvalue weighted by Gasteiger charge is -2.43. The Bertz CT molecular complexity index is 481. The first-order valence-electron chi connectivity index (χ1n) is 8.71. The van der Waals surface area contributed by atoms with E-state index in [9.17, 15) is 5.11 Å². The van der Waals surface area contributed by atoms with Crippen molar-refractivity contribution >= 4 is 0 Å². The van der Waals surface area contributed by atoms with Gasteiger partial charge in [0.2, 0.25) is 0 Å². The number of hydrogen-bond donors (Lipinski definition) is 1. The predicted molar refractivity (Wildman–Crippen MR) is 87.6 cm³/mol. The third-order valence-electron chi connectivity index (χ3n) is 5.42. The molecular formula is C17H30N4O. The molecule has 22 heavy (non-hydrogen) atoms. The van der Waals surface area contributed by atoms with E-state index in [2.05, 4.69) is 33.3 Å². The summed E-state index contributed by atoms with van der Waals surface area (Å²) in [6.07, 6.45) is 9.50. The third-order valence-corrected chi connectivity index (χ3v) is 5.42. The molecule has 1 atom stereocenters. The van der Waals surface area contributed by atoms with Gasteiger partial charge in [-0.2, -0.15) is 0 Å². The van der Waals surface area contributed by atoms with Crippen LogP contribution in [0.5, 0.6) is 0 Å². The van der Waals surface area contributed by atoms with Gasteiger partial charge in [-0.25, -0.2) is 4.98 Å². The highest BCUT2D eigenvalue weighted by Crippen LogP contribution is 2.29. The molecule has 5 nitrogen and oxygen atoms in total. The van der Waals surface area contributed by atoms with E-state index in [0.717, 1.165) is 51.4 Å². The fourth-order valence-corrected chi connectivity index (χ4v) is 3.96. The van der Waals surface area contributed by atoms with Crippen LogP contribution in [0.15, 0.2) is 12.4 Å². The minimum atomic E-state index is -0.431. The Morgan fingerprint density at radius 2 is 2.05 bits per heavy atom. The van der Waals surface area contributed by atoms with Crippen LogP contribution in [0.4, 0.5) is 0 Å². The average Bonchev–Trinajstić information content (AvgIpc) is 2.88. The summed E-state index contributed by atoms with van der Waals surface area (Å²) in [5, 5.41) is 10.8. The number of imidazole rings is 1. The molecule has 2 fully saturated rings. The minimum Gasteiger partial charge on any atom is -0.389 e. The van der Waals surface area contributed by atoms with E-state index < -0.39 is 5.60 Å². The van der Waals surface area contributed by atoms with Crippen LogP contribution >= 0.6 is 0 Å². The van der Waals surface area contributed by atoms with Crippen molar-refractivity contribution in [2.24, 2.45) is 7.05 Å². The number of rotatable bonds is 4. The Morgan fingerprint density at radius 1 is 1.27 bits per heavy atom. The highest BCUT2D eigenvalue weighted by Gasteiger charge is 2.34. The highest BCUT2D eigenvalue weighted by atomic mass is 16.3. The first-order chi connectivity index (χ1) is 10.6. The van der Waals surface area contributed by atoms with Gasteiger partial charge < -0.3 is 9.67 Å². The molecule has 1 N–H and O–H groups in total. The molecule has 2 aliphatic rings. The van der Waals surface area contributed by atoms with Crippen LogP contribution in [0, 0.1) is 0 Å². The molecule has 0 aromatic carbocycles. The fourth-order valence-electron chi connectivity index (χ4n) is 3.96. The summed E-state index contributed by atoms with van der Waals surface area (Å²) < 4.78 is 2.10. The zero-order chi connectivity index (χ0) is 15.6. The molecule has 5 heteroatoms. The fraction of sp³-hybridized carbons (Fsp3) is 0.824. The van der Waals surface area contributed by atoms with Crippen molar-refractivity contribution in [3.63, 3.8) is 0 Å². The van der Waals surface area contributed by atoms with Gasteiger partial charge in [-0.15, -0.1) is 0 Å². The van der Waals surface area contributed by atoms with Gasteiger partial charge in [-0.1, -0.05) is 19.3 Å². The largest absolute Gasteiger partial charge is 0.389 e. The van der Waals surface area contributed by atoms with E-state index in [4.69, 9.17) is 0 Å². The molecule has 124 valence electrons. The van der Waals surface area contributed by atoms with Crippen LogP contribution in [0.2, 0.25) is 0 Å². The summed E-state index contributed by atoms with van der Waals surface area (Å²) in [6, 6.07) is 0.512. The maximum Gasteiger partial charge on any atom is 0.122 e. The Labute approximate surface area is 133 Å². The number of β-amino-alcohol motifs (C(OH)–C–C–N with tert-alkyl or cyclic N) is 1. The zero-order valence-electron chi connectivity index (χ0n) is 14.0. The monoisotopic (exact) mass is 306 g/mol. The first kappa shape index (κ1) is 16.0. The summed E-state index contributed by atoms with van der Waals surface area (Å²) in [6.45, 7) is 7.23. The molecule has 0 amide bonds. The Kier molecular flexibility index (Phi) is 4.85. The molecule has 1 aliphatic heterocycles. The van der Waals surface area contributed by atoms with Crippen LogP contribution in [-0.2, 0) is 13.6 Å². The number of aryl methyl sites for hydroxylation is 1. The second-order valence-electron chi connectivity index (χ2n) is 7.29. The van der Waals surface area contributed by atoms with E-state index in [1.807, 2.05) is 12.4 Å². The molecule has 0 spiro atoms. The van der Waals surface area contributed by atoms with E-state index >= 15 is 0 Å². The van der Waals surface area contributed by atoms with Gasteiger partial charge in [-0.05, 0) is 19.8 Å². The number of aromatic nitrogens is 2. The van der Waals surface area contributed by atoms with Crippen LogP contribution in [-0.4, -0.2) is 62.3 Å². The van der Waals surface area contributed by atoms with Gasteiger partial charge in [0.05, 0.1) is 12.1 Å². The molecule has 3 rings (SSSR count). The van der Waals surface area contributed by atoms with Crippen molar-refractivity contribution in [1.29, 1.82) is 0 Å². The first-order valence-corrected chi connectivity index (χ1v) is 8.71. The molecule has 2 heterocycles. The Morgan fingerprint density at radius 3 is 2.68 bits per heavy atom. The van der Waals surface area contributed by atoms with Gasteiger partial charge in [-0.3, -0.25) is 9.80 Å². The summed E-state index contributed by atoms with van der Waals surface area (Å²) in [5.74, 6) is 1.13. The molecular weight excluding hydrogens is 276 g/mol. The molecule has 1 saturated heterocycles. The van der Waals surface area contributed by atoms with Crippen LogP contribution in [0.1, 0.15) is 44.9 Å². The maximum absolute atomic E-state index is 10.8. The lowest BCUT2D eigenvalue weighted by Crippen LogP contribution is -2.55. The minimum absolute atomic E-state index is 0.431. The van der Waals surface area contributed by atoms with Crippen molar-refractivity contribution in [2.75, 3.05) is 26.2 Å². The number of nitrogens with zero attached hydrogens (tertiary/aromatic N) is 4. The molecule has 1 aromatic rings. The van der Waals surface area contributed by atoms with Crippen LogP contribution < -0.4 is 0 Å². The van der Waals surface area contributed by atoms with Crippen molar-refractivity contribution < 1.29 is 5.11 Å². The SMILES string of the molecule is CC1CN(CC2(O)CCCCC2)CCN1Cc1nccn1C. The second kappa shape index (κ2) is 6.69. The molecule has 0 radical (unpaired) electrons. The molecule has 0 bridgehead atoms.